The first kappa shape index (κ1) is 14.9. The second-order valence-corrected chi connectivity index (χ2v) is 4.69. The zero-order valence-corrected chi connectivity index (χ0v) is 11.3. The van der Waals surface area contributed by atoms with Gasteiger partial charge in [-0.15, -0.1) is 0 Å². The minimum atomic E-state index is -0.0201. The second kappa shape index (κ2) is 11.0. The average molecular weight is 244 g/mol. The van der Waals surface area contributed by atoms with Crippen LogP contribution in [0, 0.1) is 0 Å². The Morgan fingerprint density at radius 2 is 1.65 bits per heavy atom. The van der Waals surface area contributed by atoms with Crippen molar-refractivity contribution in [1.29, 1.82) is 0 Å². The molecule has 0 amide bonds. The molecule has 1 heterocycles. The SMILES string of the molecule is CCCCCCCCOCCC1OCCCO1. The molecule has 0 aromatic heterocycles. The van der Waals surface area contributed by atoms with Crippen LogP contribution >= 0.6 is 0 Å². The monoisotopic (exact) mass is 244 g/mol. The Morgan fingerprint density at radius 1 is 0.941 bits per heavy atom. The van der Waals surface area contributed by atoms with E-state index in [0.29, 0.717) is 0 Å². The number of rotatable bonds is 10. The second-order valence-electron chi connectivity index (χ2n) is 4.69. The van der Waals surface area contributed by atoms with Crippen LogP contribution in [0.4, 0.5) is 0 Å². The van der Waals surface area contributed by atoms with E-state index < -0.39 is 0 Å². The van der Waals surface area contributed by atoms with Crippen LogP contribution in [0.3, 0.4) is 0 Å². The van der Waals surface area contributed by atoms with Crippen LogP contribution in [-0.2, 0) is 14.2 Å². The summed E-state index contributed by atoms with van der Waals surface area (Å²) in [5.74, 6) is 0. The molecule has 0 aliphatic carbocycles. The van der Waals surface area contributed by atoms with Gasteiger partial charge in [0.25, 0.3) is 0 Å². The van der Waals surface area contributed by atoms with Gasteiger partial charge in [-0.3, -0.25) is 0 Å². The highest BCUT2D eigenvalue weighted by molar-refractivity contribution is 4.51. The van der Waals surface area contributed by atoms with E-state index >= 15 is 0 Å². The van der Waals surface area contributed by atoms with Crippen molar-refractivity contribution < 1.29 is 14.2 Å². The molecule has 0 saturated carbocycles. The van der Waals surface area contributed by atoms with Crippen LogP contribution in [0.5, 0.6) is 0 Å². The molecule has 0 spiro atoms. The summed E-state index contributed by atoms with van der Waals surface area (Å²) in [5.41, 5.74) is 0. The first-order chi connectivity index (χ1) is 8.43. The summed E-state index contributed by atoms with van der Waals surface area (Å²) in [6, 6.07) is 0. The summed E-state index contributed by atoms with van der Waals surface area (Å²) in [6.45, 7) is 5.57. The van der Waals surface area contributed by atoms with Gasteiger partial charge in [0.2, 0.25) is 0 Å². The molecular formula is C14H28O3. The Balaban J connectivity index is 1.75. The van der Waals surface area contributed by atoms with Crippen molar-refractivity contribution in [3.63, 3.8) is 0 Å². The molecular weight excluding hydrogens is 216 g/mol. The van der Waals surface area contributed by atoms with Crippen molar-refractivity contribution in [3.05, 3.63) is 0 Å². The van der Waals surface area contributed by atoms with Gasteiger partial charge in [0.05, 0.1) is 19.8 Å². The molecule has 1 fully saturated rings. The molecule has 0 aromatic carbocycles. The predicted octanol–water partition coefficient (Wildman–Crippen LogP) is 3.52. The van der Waals surface area contributed by atoms with Gasteiger partial charge in [0.1, 0.15) is 0 Å². The Morgan fingerprint density at radius 3 is 2.41 bits per heavy atom. The number of hydrogen-bond donors (Lipinski definition) is 0. The fourth-order valence-electron chi connectivity index (χ4n) is 1.97. The van der Waals surface area contributed by atoms with E-state index in [2.05, 4.69) is 6.92 Å². The van der Waals surface area contributed by atoms with Crippen molar-refractivity contribution in [1.82, 2.24) is 0 Å². The summed E-state index contributed by atoms with van der Waals surface area (Å²) in [5, 5.41) is 0. The molecule has 3 nitrogen and oxygen atoms in total. The lowest BCUT2D eigenvalue weighted by Gasteiger charge is -2.22. The van der Waals surface area contributed by atoms with E-state index in [0.717, 1.165) is 39.3 Å². The van der Waals surface area contributed by atoms with Crippen molar-refractivity contribution >= 4 is 0 Å². The smallest absolute Gasteiger partial charge is 0.159 e. The minimum Gasteiger partial charge on any atom is -0.381 e. The molecule has 1 rings (SSSR count). The summed E-state index contributed by atoms with van der Waals surface area (Å²) in [7, 11) is 0. The largest absolute Gasteiger partial charge is 0.381 e. The molecule has 0 bridgehead atoms. The maximum absolute atomic E-state index is 5.58. The van der Waals surface area contributed by atoms with Gasteiger partial charge in [0.15, 0.2) is 6.29 Å². The third-order valence-corrected chi connectivity index (χ3v) is 3.04. The van der Waals surface area contributed by atoms with Crippen molar-refractivity contribution in [2.75, 3.05) is 26.4 Å². The summed E-state index contributed by atoms with van der Waals surface area (Å²) in [4.78, 5) is 0. The molecule has 0 radical (unpaired) electrons. The third-order valence-electron chi connectivity index (χ3n) is 3.04. The zero-order chi connectivity index (χ0) is 12.2. The summed E-state index contributed by atoms with van der Waals surface area (Å²) < 4.78 is 16.5. The van der Waals surface area contributed by atoms with E-state index in [-0.39, 0.29) is 6.29 Å². The predicted molar refractivity (Wildman–Crippen MR) is 69.1 cm³/mol. The average Bonchev–Trinajstić information content (AvgIpc) is 2.38. The Labute approximate surface area is 106 Å². The Kier molecular flexibility index (Phi) is 9.66. The van der Waals surface area contributed by atoms with Crippen LogP contribution in [0.2, 0.25) is 0 Å². The van der Waals surface area contributed by atoms with Gasteiger partial charge in [0, 0.05) is 13.0 Å². The zero-order valence-electron chi connectivity index (χ0n) is 11.3. The van der Waals surface area contributed by atoms with Crippen LogP contribution in [0.15, 0.2) is 0 Å². The number of unbranched alkanes of at least 4 members (excludes halogenated alkanes) is 5. The molecule has 3 heteroatoms. The molecule has 102 valence electrons. The molecule has 0 aromatic rings. The quantitative estimate of drug-likeness (QED) is 0.550. The molecule has 0 N–H and O–H groups in total. The maximum Gasteiger partial charge on any atom is 0.159 e. The van der Waals surface area contributed by atoms with E-state index in [1.165, 1.54) is 38.5 Å². The van der Waals surface area contributed by atoms with Crippen molar-refractivity contribution in [3.8, 4) is 0 Å². The van der Waals surface area contributed by atoms with E-state index in [9.17, 15) is 0 Å². The Hall–Kier alpha value is -0.120. The van der Waals surface area contributed by atoms with Gasteiger partial charge < -0.3 is 14.2 Å². The van der Waals surface area contributed by atoms with E-state index in [1.807, 2.05) is 0 Å². The van der Waals surface area contributed by atoms with Crippen LogP contribution in [0.1, 0.15) is 58.3 Å². The topological polar surface area (TPSA) is 27.7 Å². The van der Waals surface area contributed by atoms with Gasteiger partial charge >= 0.3 is 0 Å². The van der Waals surface area contributed by atoms with Gasteiger partial charge in [-0.25, -0.2) is 0 Å². The van der Waals surface area contributed by atoms with Crippen LogP contribution in [-0.4, -0.2) is 32.7 Å². The molecule has 0 unspecified atom stereocenters. The van der Waals surface area contributed by atoms with Crippen LogP contribution < -0.4 is 0 Å². The Bertz CT molecular complexity index is 156. The van der Waals surface area contributed by atoms with Crippen molar-refractivity contribution in [2.45, 2.75) is 64.6 Å². The molecule has 17 heavy (non-hydrogen) atoms. The van der Waals surface area contributed by atoms with Crippen LogP contribution in [0.25, 0.3) is 0 Å². The summed E-state index contributed by atoms with van der Waals surface area (Å²) in [6.07, 6.45) is 9.78. The normalized spacial score (nSPS) is 17.5. The van der Waals surface area contributed by atoms with Gasteiger partial charge in [-0.1, -0.05) is 39.0 Å². The first-order valence-electron chi connectivity index (χ1n) is 7.24. The lowest BCUT2D eigenvalue weighted by atomic mass is 10.1. The van der Waals surface area contributed by atoms with E-state index in [4.69, 9.17) is 14.2 Å². The standard InChI is InChI=1S/C14H28O3/c1-2-3-4-5-6-7-10-15-13-9-14-16-11-8-12-17-14/h14H,2-13H2,1H3. The number of hydrogen-bond acceptors (Lipinski definition) is 3. The first-order valence-corrected chi connectivity index (χ1v) is 7.24. The van der Waals surface area contributed by atoms with Crippen molar-refractivity contribution in [2.24, 2.45) is 0 Å². The minimum absolute atomic E-state index is 0.0201. The highest BCUT2D eigenvalue weighted by Crippen LogP contribution is 2.09. The molecule has 1 aliphatic rings. The molecule has 1 aliphatic heterocycles. The van der Waals surface area contributed by atoms with E-state index in [1.54, 1.807) is 0 Å². The fourth-order valence-corrected chi connectivity index (χ4v) is 1.97. The lowest BCUT2D eigenvalue weighted by Crippen LogP contribution is -2.26. The fraction of sp³-hybridized carbons (Fsp3) is 1.00. The lowest BCUT2D eigenvalue weighted by molar-refractivity contribution is -0.186. The number of ether oxygens (including phenoxy) is 3. The third kappa shape index (κ3) is 8.58. The van der Waals surface area contributed by atoms with Gasteiger partial charge in [-0.05, 0) is 12.8 Å². The highest BCUT2D eigenvalue weighted by atomic mass is 16.7. The highest BCUT2D eigenvalue weighted by Gasteiger charge is 2.13. The molecule has 1 saturated heterocycles. The van der Waals surface area contributed by atoms with Gasteiger partial charge in [-0.2, -0.15) is 0 Å². The molecule has 0 atom stereocenters. The summed E-state index contributed by atoms with van der Waals surface area (Å²) >= 11 is 0. The maximum atomic E-state index is 5.58.